The quantitative estimate of drug-likeness (QED) is 0.419. The van der Waals surface area contributed by atoms with Gasteiger partial charge in [-0.3, -0.25) is 0 Å². The second-order valence-electron chi connectivity index (χ2n) is 7.52. The van der Waals surface area contributed by atoms with Gasteiger partial charge in [-0.15, -0.1) is 0 Å². The van der Waals surface area contributed by atoms with Gasteiger partial charge in [-0.05, 0) is 62.9 Å². The van der Waals surface area contributed by atoms with Crippen LogP contribution in [0.4, 0.5) is 4.79 Å². The van der Waals surface area contributed by atoms with E-state index in [9.17, 15) is 14.7 Å². The first-order chi connectivity index (χ1) is 13.1. The number of rotatable bonds is 5. The first-order valence-corrected chi connectivity index (χ1v) is 9.15. The summed E-state index contributed by atoms with van der Waals surface area (Å²) < 4.78 is 15.3. The molecule has 0 radical (unpaired) electrons. The average Bonchev–Trinajstić information content (AvgIpc) is 2.62. The van der Waals surface area contributed by atoms with Crippen molar-refractivity contribution in [2.45, 2.75) is 52.6 Å². The zero-order chi connectivity index (χ0) is 20.9. The highest BCUT2D eigenvalue weighted by molar-refractivity contribution is 5.91. The third kappa shape index (κ3) is 6.01. The molecule has 2 aromatic carbocycles. The second-order valence-corrected chi connectivity index (χ2v) is 7.52. The molecule has 0 aliphatic heterocycles. The van der Waals surface area contributed by atoms with Gasteiger partial charge >= 0.3 is 12.1 Å². The van der Waals surface area contributed by atoms with Crippen LogP contribution in [-0.4, -0.2) is 22.8 Å². The Morgan fingerprint density at radius 1 is 1.04 bits per heavy atom. The Balaban J connectivity index is 2.03. The minimum atomic E-state index is -0.936. The SMILES string of the molecule is CCC(C)c1ccc(C(=O)Oc2ccc(OC(=O)OC(C)(C)C)c(O)c2)cc1. The number of phenols is 1. The van der Waals surface area contributed by atoms with Crippen LogP contribution in [-0.2, 0) is 4.74 Å². The molecular formula is C22H26O6. The summed E-state index contributed by atoms with van der Waals surface area (Å²) in [5.74, 6) is -0.435. The van der Waals surface area contributed by atoms with Gasteiger partial charge in [0.15, 0.2) is 11.5 Å². The first kappa shape index (κ1) is 21.3. The fourth-order valence-corrected chi connectivity index (χ4v) is 2.36. The second kappa shape index (κ2) is 8.78. The minimum absolute atomic E-state index is 0.0908. The lowest BCUT2D eigenvalue weighted by Gasteiger charge is -2.18. The van der Waals surface area contributed by atoms with Crippen LogP contribution < -0.4 is 9.47 Å². The largest absolute Gasteiger partial charge is 0.514 e. The van der Waals surface area contributed by atoms with Crippen LogP contribution in [0.3, 0.4) is 0 Å². The molecule has 0 saturated heterocycles. The molecule has 0 heterocycles. The molecule has 6 heteroatoms. The van der Waals surface area contributed by atoms with Crippen molar-refractivity contribution in [1.29, 1.82) is 0 Å². The van der Waals surface area contributed by atoms with Crippen LogP contribution in [0.1, 0.15) is 62.9 Å². The molecule has 0 aromatic heterocycles. The van der Waals surface area contributed by atoms with E-state index in [4.69, 9.17) is 14.2 Å². The zero-order valence-corrected chi connectivity index (χ0v) is 16.8. The van der Waals surface area contributed by atoms with Gasteiger partial charge in [-0.25, -0.2) is 9.59 Å². The maximum atomic E-state index is 12.3. The van der Waals surface area contributed by atoms with Crippen molar-refractivity contribution >= 4 is 12.1 Å². The van der Waals surface area contributed by atoms with Gasteiger partial charge in [0.1, 0.15) is 11.4 Å². The molecule has 0 amide bonds. The first-order valence-electron chi connectivity index (χ1n) is 9.15. The van der Waals surface area contributed by atoms with Crippen molar-refractivity contribution in [1.82, 2.24) is 0 Å². The zero-order valence-electron chi connectivity index (χ0n) is 16.8. The summed E-state index contributed by atoms with van der Waals surface area (Å²) in [4.78, 5) is 24.0. The molecule has 0 fully saturated rings. The van der Waals surface area contributed by atoms with Gasteiger partial charge in [0.05, 0.1) is 5.56 Å². The molecular weight excluding hydrogens is 360 g/mol. The Kier molecular flexibility index (Phi) is 6.67. The van der Waals surface area contributed by atoms with E-state index in [1.807, 2.05) is 12.1 Å². The number of hydrogen-bond acceptors (Lipinski definition) is 6. The van der Waals surface area contributed by atoms with E-state index in [-0.39, 0.29) is 17.2 Å². The summed E-state index contributed by atoms with van der Waals surface area (Å²) in [6, 6.07) is 11.2. The normalized spacial score (nSPS) is 12.2. The van der Waals surface area contributed by atoms with Crippen LogP contribution in [0.15, 0.2) is 42.5 Å². The number of carbonyl (C=O) groups excluding carboxylic acids is 2. The van der Waals surface area contributed by atoms with Crippen molar-refractivity contribution < 1.29 is 28.9 Å². The van der Waals surface area contributed by atoms with Crippen LogP contribution in [0.5, 0.6) is 17.2 Å². The van der Waals surface area contributed by atoms with E-state index < -0.39 is 17.7 Å². The number of ether oxygens (including phenoxy) is 3. The van der Waals surface area contributed by atoms with Gasteiger partial charge in [0, 0.05) is 6.07 Å². The van der Waals surface area contributed by atoms with E-state index in [1.165, 1.54) is 18.2 Å². The molecule has 2 aromatic rings. The number of phenolic OH excluding ortho intramolecular Hbond substituents is 1. The molecule has 0 aliphatic carbocycles. The predicted molar refractivity (Wildman–Crippen MR) is 105 cm³/mol. The Morgan fingerprint density at radius 2 is 1.68 bits per heavy atom. The lowest BCUT2D eigenvalue weighted by atomic mass is 9.98. The van der Waals surface area contributed by atoms with Crippen LogP contribution in [0.25, 0.3) is 0 Å². The van der Waals surface area contributed by atoms with E-state index >= 15 is 0 Å². The summed E-state index contributed by atoms with van der Waals surface area (Å²) >= 11 is 0. The Labute approximate surface area is 165 Å². The highest BCUT2D eigenvalue weighted by Gasteiger charge is 2.20. The maximum absolute atomic E-state index is 12.3. The molecule has 28 heavy (non-hydrogen) atoms. The smallest absolute Gasteiger partial charge is 0.504 e. The third-order valence-corrected chi connectivity index (χ3v) is 4.05. The topological polar surface area (TPSA) is 82.1 Å². The van der Waals surface area contributed by atoms with E-state index in [0.717, 1.165) is 12.0 Å². The van der Waals surface area contributed by atoms with Gasteiger partial charge in [0.2, 0.25) is 0 Å². The molecule has 6 nitrogen and oxygen atoms in total. The lowest BCUT2D eigenvalue weighted by molar-refractivity contribution is 0.0200. The fourth-order valence-electron chi connectivity index (χ4n) is 2.36. The average molecular weight is 386 g/mol. The van der Waals surface area contributed by atoms with Crippen LogP contribution in [0, 0.1) is 0 Å². The molecule has 0 saturated carbocycles. The Bertz CT molecular complexity index is 833. The monoisotopic (exact) mass is 386 g/mol. The highest BCUT2D eigenvalue weighted by atomic mass is 16.7. The Hall–Kier alpha value is -3.02. The summed E-state index contributed by atoms with van der Waals surface area (Å²) in [6.07, 6.45) is 0.0785. The summed E-state index contributed by atoms with van der Waals surface area (Å²) in [6.45, 7) is 9.33. The van der Waals surface area contributed by atoms with E-state index in [1.54, 1.807) is 32.9 Å². The molecule has 1 N–H and O–H groups in total. The van der Waals surface area contributed by atoms with Crippen molar-refractivity contribution in [2.75, 3.05) is 0 Å². The van der Waals surface area contributed by atoms with E-state index in [0.29, 0.717) is 11.5 Å². The van der Waals surface area contributed by atoms with Gasteiger partial charge < -0.3 is 19.3 Å². The Morgan fingerprint density at radius 3 is 2.21 bits per heavy atom. The third-order valence-electron chi connectivity index (χ3n) is 4.05. The number of benzene rings is 2. The van der Waals surface area contributed by atoms with Gasteiger partial charge in [0.25, 0.3) is 0 Å². The molecule has 2 rings (SSSR count). The highest BCUT2D eigenvalue weighted by Crippen LogP contribution is 2.31. The van der Waals surface area contributed by atoms with E-state index in [2.05, 4.69) is 13.8 Å². The number of esters is 1. The molecule has 1 unspecified atom stereocenters. The lowest BCUT2D eigenvalue weighted by Crippen LogP contribution is -2.26. The molecule has 0 aliphatic rings. The van der Waals surface area contributed by atoms with Gasteiger partial charge in [-0.2, -0.15) is 0 Å². The molecule has 150 valence electrons. The number of hydrogen-bond donors (Lipinski definition) is 1. The van der Waals surface area contributed by atoms with Crippen molar-refractivity contribution in [3.05, 3.63) is 53.6 Å². The number of carbonyl (C=O) groups is 2. The molecule has 1 atom stereocenters. The van der Waals surface area contributed by atoms with Crippen molar-refractivity contribution in [3.63, 3.8) is 0 Å². The summed E-state index contributed by atoms with van der Waals surface area (Å²) in [5.41, 5.74) is 0.841. The fraction of sp³-hybridized carbons (Fsp3) is 0.364. The summed E-state index contributed by atoms with van der Waals surface area (Å²) in [5, 5.41) is 10.0. The number of aromatic hydroxyl groups is 1. The summed E-state index contributed by atoms with van der Waals surface area (Å²) in [7, 11) is 0. The standard InChI is InChI=1S/C22H26O6/c1-6-14(2)15-7-9-16(10-8-15)20(24)26-17-11-12-19(18(23)13-17)27-21(25)28-22(3,4)5/h7-14,23H,6H2,1-5H3. The molecule has 0 spiro atoms. The van der Waals surface area contributed by atoms with Gasteiger partial charge in [-0.1, -0.05) is 26.0 Å². The maximum Gasteiger partial charge on any atom is 0.514 e. The van der Waals surface area contributed by atoms with Crippen LogP contribution in [0.2, 0.25) is 0 Å². The van der Waals surface area contributed by atoms with Crippen molar-refractivity contribution in [2.24, 2.45) is 0 Å². The van der Waals surface area contributed by atoms with Crippen LogP contribution >= 0.6 is 0 Å². The minimum Gasteiger partial charge on any atom is -0.504 e. The predicted octanol–water partition coefficient (Wildman–Crippen LogP) is 5.44. The molecule has 0 bridgehead atoms. The van der Waals surface area contributed by atoms with Crippen molar-refractivity contribution in [3.8, 4) is 17.2 Å².